The molecule has 8 unspecified atom stereocenters. The highest BCUT2D eigenvalue weighted by molar-refractivity contribution is 5.47. The molecule has 2 N–H and O–H groups in total. The van der Waals surface area contributed by atoms with E-state index in [1.54, 1.807) is 6.20 Å². The molecule has 0 saturated heterocycles. The molecule has 4 aliphatic carbocycles. The second-order valence-corrected chi connectivity index (χ2v) is 10.9. The summed E-state index contributed by atoms with van der Waals surface area (Å²) in [7, 11) is 0. The third kappa shape index (κ3) is 2.72. The first-order chi connectivity index (χ1) is 13.5. The highest BCUT2D eigenvalue weighted by atomic mass is 15.3. The molecule has 0 amide bonds. The number of rotatable bonds is 2. The molecule has 1 aromatic heterocycles. The van der Waals surface area contributed by atoms with Crippen molar-refractivity contribution in [3.05, 3.63) is 11.8 Å². The minimum Gasteiger partial charge on any atom is -0.383 e. The molecule has 8 atom stereocenters. The summed E-state index contributed by atoms with van der Waals surface area (Å²) in [6.45, 7) is 5.94. The first kappa shape index (κ1) is 18.5. The fourth-order valence-corrected chi connectivity index (χ4v) is 8.33. The van der Waals surface area contributed by atoms with Gasteiger partial charge in [-0.3, -0.25) is 0 Å². The Morgan fingerprint density at radius 1 is 1.14 bits per heavy atom. The Hall–Kier alpha value is -1.50. The van der Waals surface area contributed by atoms with Crippen LogP contribution in [0.4, 0.5) is 5.82 Å². The van der Waals surface area contributed by atoms with E-state index in [0.29, 0.717) is 22.7 Å². The number of anilines is 1. The molecule has 152 valence electrons. The van der Waals surface area contributed by atoms with Crippen LogP contribution in [-0.2, 0) is 6.54 Å². The zero-order chi connectivity index (χ0) is 19.5. The van der Waals surface area contributed by atoms with Crippen molar-refractivity contribution in [2.75, 3.05) is 5.73 Å². The second kappa shape index (κ2) is 6.78. The van der Waals surface area contributed by atoms with Crippen LogP contribution >= 0.6 is 0 Å². The smallest absolute Gasteiger partial charge is 0.139 e. The van der Waals surface area contributed by atoms with Gasteiger partial charge >= 0.3 is 0 Å². The molecule has 4 nitrogen and oxygen atoms in total. The Bertz CT molecular complexity index is 776. The van der Waals surface area contributed by atoms with Crippen LogP contribution in [0.15, 0.2) is 6.20 Å². The van der Waals surface area contributed by atoms with Crippen LogP contribution in [-0.4, -0.2) is 9.78 Å². The number of fused-ring (bicyclic) bond motifs is 5. The van der Waals surface area contributed by atoms with Gasteiger partial charge in [-0.1, -0.05) is 20.3 Å². The maximum atomic E-state index is 9.19. The third-order valence-electron chi connectivity index (χ3n) is 9.81. The number of nitrogens with zero attached hydrogens (tertiary/aromatic N) is 3. The summed E-state index contributed by atoms with van der Waals surface area (Å²) in [4.78, 5) is 0. The van der Waals surface area contributed by atoms with Gasteiger partial charge in [0.25, 0.3) is 0 Å². The molecular weight excluding hydrogens is 344 g/mol. The summed E-state index contributed by atoms with van der Waals surface area (Å²) in [6.07, 6.45) is 14.6. The molecule has 0 spiro atoms. The number of hydrogen-bond acceptors (Lipinski definition) is 3. The zero-order valence-electron chi connectivity index (χ0n) is 17.6. The van der Waals surface area contributed by atoms with Gasteiger partial charge in [-0.15, -0.1) is 0 Å². The minimum absolute atomic E-state index is 0.432. The average Bonchev–Trinajstić information content (AvgIpc) is 3.21. The van der Waals surface area contributed by atoms with Crippen LogP contribution in [0.1, 0.15) is 77.2 Å². The van der Waals surface area contributed by atoms with Crippen LogP contribution < -0.4 is 5.73 Å². The number of nitriles is 1. The summed E-state index contributed by atoms with van der Waals surface area (Å²) < 4.78 is 1.91. The van der Waals surface area contributed by atoms with Crippen molar-refractivity contribution in [1.29, 1.82) is 5.26 Å². The fourth-order valence-electron chi connectivity index (χ4n) is 8.33. The number of nitrogen functional groups attached to an aromatic ring is 1. The Balaban J connectivity index is 1.34. The topological polar surface area (TPSA) is 67.6 Å². The van der Waals surface area contributed by atoms with Gasteiger partial charge in [0.2, 0.25) is 0 Å². The van der Waals surface area contributed by atoms with Crippen LogP contribution in [0.2, 0.25) is 0 Å². The summed E-state index contributed by atoms with van der Waals surface area (Å²) in [5.41, 5.74) is 7.12. The lowest BCUT2D eigenvalue weighted by atomic mass is 9.49. The largest absolute Gasteiger partial charge is 0.383 e. The van der Waals surface area contributed by atoms with Gasteiger partial charge in [0.15, 0.2) is 0 Å². The third-order valence-corrected chi connectivity index (χ3v) is 9.81. The minimum atomic E-state index is 0.432. The summed E-state index contributed by atoms with van der Waals surface area (Å²) in [5.74, 6) is 7.07. The van der Waals surface area contributed by atoms with Gasteiger partial charge in [-0.25, -0.2) is 4.68 Å². The molecule has 1 aromatic rings. The van der Waals surface area contributed by atoms with Gasteiger partial charge in [0, 0.05) is 6.54 Å². The summed E-state index contributed by atoms with van der Waals surface area (Å²) in [6, 6.07) is 2.16. The lowest BCUT2D eigenvalue weighted by Crippen LogP contribution is -2.48. The van der Waals surface area contributed by atoms with Crippen LogP contribution in [0.3, 0.4) is 0 Å². The lowest BCUT2D eigenvalue weighted by molar-refractivity contribution is -0.0688. The van der Waals surface area contributed by atoms with Gasteiger partial charge in [0.05, 0.1) is 6.20 Å². The molecule has 0 aliphatic heterocycles. The van der Waals surface area contributed by atoms with Crippen molar-refractivity contribution in [3.63, 3.8) is 0 Å². The molecule has 4 saturated carbocycles. The number of aromatic nitrogens is 2. The second-order valence-electron chi connectivity index (χ2n) is 10.9. The molecule has 4 heteroatoms. The van der Waals surface area contributed by atoms with Gasteiger partial charge < -0.3 is 5.73 Å². The molecule has 4 fully saturated rings. The molecule has 0 bridgehead atoms. The molecular formula is C24H36N4. The van der Waals surface area contributed by atoms with E-state index in [4.69, 9.17) is 5.73 Å². The summed E-state index contributed by atoms with van der Waals surface area (Å²) in [5, 5.41) is 13.6. The molecule has 4 aliphatic rings. The predicted molar refractivity (Wildman–Crippen MR) is 111 cm³/mol. The van der Waals surface area contributed by atoms with Crippen molar-refractivity contribution in [1.82, 2.24) is 9.78 Å². The lowest BCUT2D eigenvalue weighted by Gasteiger charge is -2.56. The van der Waals surface area contributed by atoms with Crippen LogP contribution in [0.25, 0.3) is 0 Å². The average molecular weight is 381 g/mol. The van der Waals surface area contributed by atoms with Crippen molar-refractivity contribution >= 4 is 5.82 Å². The van der Waals surface area contributed by atoms with Gasteiger partial charge in [-0.2, -0.15) is 10.4 Å². The number of hydrogen-bond donors (Lipinski definition) is 1. The first-order valence-corrected chi connectivity index (χ1v) is 11.7. The normalized spacial score (nSPS) is 45.0. The Kier molecular flexibility index (Phi) is 4.49. The molecule has 0 aromatic carbocycles. The highest BCUT2D eigenvalue weighted by Crippen LogP contribution is 2.64. The van der Waals surface area contributed by atoms with Crippen molar-refractivity contribution in [3.8, 4) is 6.07 Å². The SMILES string of the molecule is CC1CCC2C(CCC3C2CCC2(C)C(Cn4ncc(C#N)c4N)CCC32)C1. The highest BCUT2D eigenvalue weighted by Gasteiger charge is 2.56. The Morgan fingerprint density at radius 3 is 2.75 bits per heavy atom. The van der Waals surface area contributed by atoms with Crippen LogP contribution in [0.5, 0.6) is 0 Å². The van der Waals surface area contributed by atoms with Crippen molar-refractivity contribution < 1.29 is 0 Å². The van der Waals surface area contributed by atoms with E-state index in [1.807, 2.05) is 4.68 Å². The van der Waals surface area contributed by atoms with E-state index in [9.17, 15) is 5.26 Å². The van der Waals surface area contributed by atoms with E-state index in [1.165, 1.54) is 57.8 Å². The monoisotopic (exact) mass is 380 g/mol. The van der Waals surface area contributed by atoms with Crippen molar-refractivity contribution in [2.24, 2.45) is 46.8 Å². The van der Waals surface area contributed by atoms with E-state index in [0.717, 1.165) is 42.1 Å². The summed E-state index contributed by atoms with van der Waals surface area (Å²) >= 11 is 0. The quantitative estimate of drug-likeness (QED) is 0.762. The molecule has 1 heterocycles. The van der Waals surface area contributed by atoms with E-state index >= 15 is 0 Å². The molecule has 5 rings (SSSR count). The van der Waals surface area contributed by atoms with E-state index < -0.39 is 0 Å². The fraction of sp³-hybridized carbons (Fsp3) is 0.833. The van der Waals surface area contributed by atoms with Gasteiger partial charge in [0.1, 0.15) is 17.5 Å². The van der Waals surface area contributed by atoms with E-state index in [2.05, 4.69) is 25.0 Å². The maximum absolute atomic E-state index is 9.19. The number of nitrogens with two attached hydrogens (primary N) is 1. The molecule has 28 heavy (non-hydrogen) atoms. The molecule has 0 radical (unpaired) electrons. The van der Waals surface area contributed by atoms with Crippen molar-refractivity contribution in [2.45, 2.75) is 78.2 Å². The Labute approximate surface area is 169 Å². The predicted octanol–water partition coefficient (Wildman–Crippen LogP) is 5.24. The van der Waals surface area contributed by atoms with Gasteiger partial charge in [-0.05, 0) is 98.2 Å². The van der Waals surface area contributed by atoms with E-state index in [-0.39, 0.29) is 0 Å². The zero-order valence-corrected chi connectivity index (χ0v) is 17.6. The Morgan fingerprint density at radius 2 is 1.96 bits per heavy atom. The maximum Gasteiger partial charge on any atom is 0.139 e. The standard InChI is InChI=1S/C24H36N4/c1-15-3-6-19-16(11-15)4-7-21-20(19)9-10-24(2)18(5-8-22(21)24)14-28-23(26)17(12-25)13-27-28/h13,15-16,18-22H,3-11,14,26H2,1-2H3. The van der Waals surface area contributed by atoms with Crippen LogP contribution in [0, 0.1) is 58.2 Å². The first-order valence-electron chi connectivity index (χ1n) is 11.7.